The van der Waals surface area contributed by atoms with Crippen molar-refractivity contribution < 1.29 is 9.53 Å². The summed E-state index contributed by atoms with van der Waals surface area (Å²) in [5.74, 6) is -0.396. The molecular formula is C13H18N2O2. The van der Waals surface area contributed by atoms with E-state index in [2.05, 4.69) is 5.32 Å². The zero-order valence-corrected chi connectivity index (χ0v) is 9.82. The SMILES string of the molecule is NC(=O)c1cccc(NCCC2CCCO2)c1. The number of nitrogens with one attached hydrogen (secondary N) is 1. The van der Waals surface area contributed by atoms with E-state index >= 15 is 0 Å². The number of carbonyl (C=O) groups excluding carboxylic acids is 1. The van der Waals surface area contributed by atoms with Gasteiger partial charge in [-0.2, -0.15) is 0 Å². The summed E-state index contributed by atoms with van der Waals surface area (Å²) in [5.41, 5.74) is 6.69. The van der Waals surface area contributed by atoms with Crippen LogP contribution in [0.15, 0.2) is 24.3 Å². The number of amides is 1. The molecule has 1 saturated heterocycles. The van der Waals surface area contributed by atoms with Gasteiger partial charge in [0.2, 0.25) is 5.91 Å². The smallest absolute Gasteiger partial charge is 0.248 e. The third-order valence-electron chi connectivity index (χ3n) is 2.97. The van der Waals surface area contributed by atoms with E-state index in [9.17, 15) is 4.79 Å². The average molecular weight is 234 g/mol. The molecule has 1 fully saturated rings. The number of hydrogen-bond acceptors (Lipinski definition) is 3. The van der Waals surface area contributed by atoms with Crippen molar-refractivity contribution in [3.8, 4) is 0 Å². The topological polar surface area (TPSA) is 64.4 Å². The Morgan fingerprint density at radius 1 is 1.53 bits per heavy atom. The zero-order valence-electron chi connectivity index (χ0n) is 9.82. The van der Waals surface area contributed by atoms with Crippen LogP contribution < -0.4 is 11.1 Å². The van der Waals surface area contributed by atoms with E-state index in [0.717, 1.165) is 31.7 Å². The van der Waals surface area contributed by atoms with Crippen LogP contribution in [0.3, 0.4) is 0 Å². The highest BCUT2D eigenvalue weighted by atomic mass is 16.5. The molecule has 1 amide bonds. The first-order valence-corrected chi connectivity index (χ1v) is 6.01. The van der Waals surface area contributed by atoms with E-state index < -0.39 is 5.91 Å². The van der Waals surface area contributed by atoms with E-state index in [-0.39, 0.29) is 0 Å². The molecule has 1 heterocycles. The van der Waals surface area contributed by atoms with E-state index in [1.807, 2.05) is 12.1 Å². The summed E-state index contributed by atoms with van der Waals surface area (Å²) in [4.78, 5) is 11.0. The molecule has 4 heteroatoms. The Morgan fingerprint density at radius 2 is 2.41 bits per heavy atom. The van der Waals surface area contributed by atoms with Gasteiger partial charge in [0.05, 0.1) is 6.10 Å². The number of ether oxygens (including phenoxy) is 1. The van der Waals surface area contributed by atoms with Gasteiger partial charge in [0.1, 0.15) is 0 Å². The fourth-order valence-electron chi connectivity index (χ4n) is 2.03. The Kier molecular flexibility index (Phi) is 3.98. The van der Waals surface area contributed by atoms with Crippen molar-refractivity contribution in [2.45, 2.75) is 25.4 Å². The van der Waals surface area contributed by atoms with Crippen molar-refractivity contribution in [3.63, 3.8) is 0 Å². The lowest BCUT2D eigenvalue weighted by molar-refractivity contribution is 0.1000. The van der Waals surface area contributed by atoms with Gasteiger partial charge in [-0.3, -0.25) is 4.79 Å². The lowest BCUT2D eigenvalue weighted by Crippen LogP contribution is -2.14. The maximum Gasteiger partial charge on any atom is 0.248 e. The summed E-state index contributed by atoms with van der Waals surface area (Å²) in [6, 6.07) is 7.25. The molecule has 92 valence electrons. The summed E-state index contributed by atoms with van der Waals surface area (Å²) in [6.07, 6.45) is 3.72. The van der Waals surface area contributed by atoms with Gasteiger partial charge >= 0.3 is 0 Å². The normalized spacial score (nSPS) is 19.2. The molecular weight excluding hydrogens is 216 g/mol. The number of benzene rings is 1. The van der Waals surface area contributed by atoms with Gasteiger partial charge in [0.15, 0.2) is 0 Å². The lowest BCUT2D eigenvalue weighted by Gasteiger charge is -2.11. The number of rotatable bonds is 5. The molecule has 0 saturated carbocycles. The van der Waals surface area contributed by atoms with Gasteiger partial charge < -0.3 is 15.8 Å². The highest BCUT2D eigenvalue weighted by Gasteiger charge is 2.14. The third kappa shape index (κ3) is 3.46. The summed E-state index contributed by atoms with van der Waals surface area (Å²) in [7, 11) is 0. The molecule has 1 aromatic rings. The number of nitrogens with two attached hydrogens (primary N) is 1. The second-order valence-corrected chi connectivity index (χ2v) is 4.30. The maximum atomic E-state index is 11.0. The van der Waals surface area contributed by atoms with Crippen molar-refractivity contribution in [1.29, 1.82) is 0 Å². The van der Waals surface area contributed by atoms with Gasteiger partial charge in [-0.05, 0) is 37.5 Å². The summed E-state index contributed by atoms with van der Waals surface area (Å²) >= 11 is 0. The zero-order chi connectivity index (χ0) is 12.1. The molecule has 1 aliphatic rings. The molecule has 4 nitrogen and oxygen atoms in total. The Bertz CT molecular complexity index is 387. The van der Waals surface area contributed by atoms with E-state index in [0.29, 0.717) is 11.7 Å². The minimum atomic E-state index is -0.396. The molecule has 2 rings (SSSR count). The molecule has 0 spiro atoms. The summed E-state index contributed by atoms with van der Waals surface area (Å²) in [5, 5.41) is 3.28. The van der Waals surface area contributed by atoms with Crippen LogP contribution in [0.25, 0.3) is 0 Å². The second-order valence-electron chi connectivity index (χ2n) is 4.30. The van der Waals surface area contributed by atoms with Crippen LogP contribution in [0, 0.1) is 0 Å². The first kappa shape index (κ1) is 11.9. The standard InChI is InChI=1S/C13H18N2O2/c14-13(16)10-3-1-4-11(9-10)15-7-6-12-5-2-8-17-12/h1,3-4,9,12,15H,2,5-8H2,(H2,14,16). The molecule has 0 radical (unpaired) electrons. The van der Waals surface area contributed by atoms with Crippen molar-refractivity contribution in [3.05, 3.63) is 29.8 Å². The van der Waals surface area contributed by atoms with Crippen LogP contribution in [0.4, 0.5) is 5.69 Å². The molecule has 0 aliphatic carbocycles. The van der Waals surface area contributed by atoms with E-state index in [1.165, 1.54) is 6.42 Å². The first-order chi connectivity index (χ1) is 8.25. The van der Waals surface area contributed by atoms with Gasteiger partial charge in [0.25, 0.3) is 0 Å². The van der Waals surface area contributed by atoms with Crippen LogP contribution in [-0.4, -0.2) is 25.2 Å². The average Bonchev–Trinajstić information content (AvgIpc) is 2.82. The Hall–Kier alpha value is -1.55. The monoisotopic (exact) mass is 234 g/mol. The van der Waals surface area contributed by atoms with Crippen LogP contribution >= 0.6 is 0 Å². The highest BCUT2D eigenvalue weighted by molar-refractivity contribution is 5.93. The second kappa shape index (κ2) is 5.68. The van der Waals surface area contributed by atoms with Crippen molar-refractivity contribution >= 4 is 11.6 Å². The molecule has 17 heavy (non-hydrogen) atoms. The van der Waals surface area contributed by atoms with Crippen LogP contribution in [0.1, 0.15) is 29.6 Å². The molecule has 3 N–H and O–H groups in total. The Balaban J connectivity index is 1.81. The predicted molar refractivity (Wildman–Crippen MR) is 67.0 cm³/mol. The van der Waals surface area contributed by atoms with E-state index in [1.54, 1.807) is 12.1 Å². The largest absolute Gasteiger partial charge is 0.385 e. The molecule has 1 atom stereocenters. The fraction of sp³-hybridized carbons (Fsp3) is 0.462. The lowest BCUT2D eigenvalue weighted by atomic mass is 10.1. The minimum Gasteiger partial charge on any atom is -0.385 e. The summed E-state index contributed by atoms with van der Waals surface area (Å²) in [6.45, 7) is 1.74. The minimum absolute atomic E-state index is 0.391. The number of hydrogen-bond donors (Lipinski definition) is 2. The predicted octanol–water partition coefficient (Wildman–Crippen LogP) is 1.77. The molecule has 0 bridgehead atoms. The highest BCUT2D eigenvalue weighted by Crippen LogP contribution is 2.16. The molecule has 0 aromatic heterocycles. The first-order valence-electron chi connectivity index (χ1n) is 6.01. The quantitative estimate of drug-likeness (QED) is 0.816. The van der Waals surface area contributed by atoms with Crippen LogP contribution in [0.5, 0.6) is 0 Å². The third-order valence-corrected chi connectivity index (χ3v) is 2.97. The number of anilines is 1. The van der Waals surface area contributed by atoms with Gasteiger partial charge in [-0.15, -0.1) is 0 Å². The van der Waals surface area contributed by atoms with Crippen molar-refractivity contribution in [2.24, 2.45) is 5.73 Å². The fourth-order valence-corrected chi connectivity index (χ4v) is 2.03. The van der Waals surface area contributed by atoms with Crippen LogP contribution in [0.2, 0.25) is 0 Å². The van der Waals surface area contributed by atoms with Crippen molar-refractivity contribution in [1.82, 2.24) is 0 Å². The van der Waals surface area contributed by atoms with E-state index in [4.69, 9.17) is 10.5 Å². The number of carbonyl (C=O) groups is 1. The van der Waals surface area contributed by atoms with Gasteiger partial charge in [-0.1, -0.05) is 6.07 Å². The molecule has 1 unspecified atom stereocenters. The Labute approximate surface area is 101 Å². The summed E-state index contributed by atoms with van der Waals surface area (Å²) < 4.78 is 5.54. The van der Waals surface area contributed by atoms with Crippen molar-refractivity contribution in [2.75, 3.05) is 18.5 Å². The van der Waals surface area contributed by atoms with Gasteiger partial charge in [-0.25, -0.2) is 0 Å². The molecule has 1 aromatic carbocycles. The Morgan fingerprint density at radius 3 is 3.12 bits per heavy atom. The number of primary amides is 1. The van der Waals surface area contributed by atoms with Gasteiger partial charge in [0, 0.05) is 24.4 Å². The maximum absolute atomic E-state index is 11.0. The van der Waals surface area contributed by atoms with Crippen LogP contribution in [-0.2, 0) is 4.74 Å². The molecule has 1 aliphatic heterocycles.